The molecule has 0 aromatic heterocycles. The molecule has 108 valence electrons. The molecule has 0 aliphatic heterocycles. The van der Waals surface area contributed by atoms with Crippen LogP contribution in [0.5, 0.6) is 0 Å². The SMILES string of the molecule is C=CCC(N)C(=O)Nc1cc(C(=O)NCC)ccc1C. The number of amides is 2. The van der Waals surface area contributed by atoms with Crippen LogP contribution in [0.25, 0.3) is 0 Å². The van der Waals surface area contributed by atoms with E-state index in [1.54, 1.807) is 24.3 Å². The maximum Gasteiger partial charge on any atom is 0.251 e. The molecule has 4 N–H and O–H groups in total. The van der Waals surface area contributed by atoms with Crippen LogP contribution in [0.4, 0.5) is 5.69 Å². The number of benzene rings is 1. The summed E-state index contributed by atoms with van der Waals surface area (Å²) in [5, 5.41) is 5.46. The van der Waals surface area contributed by atoms with E-state index in [1.165, 1.54) is 0 Å². The average Bonchev–Trinajstić information content (AvgIpc) is 2.41. The molecule has 5 nitrogen and oxygen atoms in total. The fourth-order valence-electron chi connectivity index (χ4n) is 1.67. The highest BCUT2D eigenvalue weighted by Crippen LogP contribution is 2.17. The van der Waals surface area contributed by atoms with Gasteiger partial charge in [-0.3, -0.25) is 9.59 Å². The molecular formula is C15H21N3O2. The van der Waals surface area contributed by atoms with Gasteiger partial charge in [0, 0.05) is 17.8 Å². The second kappa shape index (κ2) is 7.45. The van der Waals surface area contributed by atoms with E-state index in [9.17, 15) is 9.59 Å². The summed E-state index contributed by atoms with van der Waals surface area (Å²) in [6.45, 7) is 7.81. The van der Waals surface area contributed by atoms with Gasteiger partial charge in [0.15, 0.2) is 0 Å². The van der Waals surface area contributed by atoms with Crippen LogP contribution in [0.3, 0.4) is 0 Å². The van der Waals surface area contributed by atoms with Crippen molar-refractivity contribution in [2.24, 2.45) is 5.73 Å². The zero-order valence-corrected chi connectivity index (χ0v) is 11.9. The van der Waals surface area contributed by atoms with E-state index in [0.717, 1.165) is 5.56 Å². The molecule has 1 aromatic carbocycles. The lowest BCUT2D eigenvalue weighted by molar-refractivity contribution is -0.117. The van der Waals surface area contributed by atoms with Gasteiger partial charge >= 0.3 is 0 Å². The van der Waals surface area contributed by atoms with Crippen molar-refractivity contribution >= 4 is 17.5 Å². The largest absolute Gasteiger partial charge is 0.352 e. The van der Waals surface area contributed by atoms with E-state index >= 15 is 0 Å². The molecule has 20 heavy (non-hydrogen) atoms. The summed E-state index contributed by atoms with van der Waals surface area (Å²) in [5.41, 5.74) is 7.68. The van der Waals surface area contributed by atoms with Crippen LogP contribution in [0.15, 0.2) is 30.9 Å². The first kappa shape index (κ1) is 15.9. The van der Waals surface area contributed by atoms with Crippen LogP contribution in [-0.4, -0.2) is 24.4 Å². The van der Waals surface area contributed by atoms with Crippen LogP contribution in [-0.2, 0) is 4.79 Å². The predicted molar refractivity (Wildman–Crippen MR) is 80.6 cm³/mol. The first-order chi connectivity index (χ1) is 9.49. The van der Waals surface area contributed by atoms with Gasteiger partial charge in [-0.05, 0) is 38.0 Å². The maximum atomic E-state index is 11.9. The molecule has 0 radical (unpaired) electrons. The Balaban J connectivity index is 2.89. The smallest absolute Gasteiger partial charge is 0.251 e. The van der Waals surface area contributed by atoms with E-state index in [0.29, 0.717) is 24.2 Å². The van der Waals surface area contributed by atoms with Crippen molar-refractivity contribution in [2.45, 2.75) is 26.3 Å². The Kier molecular flexibility index (Phi) is 5.93. The Morgan fingerprint density at radius 2 is 2.15 bits per heavy atom. The number of nitrogens with one attached hydrogen (secondary N) is 2. The lowest BCUT2D eigenvalue weighted by Gasteiger charge is -2.13. The average molecular weight is 275 g/mol. The van der Waals surface area contributed by atoms with Crippen molar-refractivity contribution in [3.05, 3.63) is 42.0 Å². The minimum atomic E-state index is -0.639. The first-order valence-electron chi connectivity index (χ1n) is 6.55. The number of aryl methyl sites for hydroxylation is 1. The standard InChI is InChI=1S/C15H21N3O2/c1-4-6-12(16)15(20)18-13-9-11(8-7-10(13)3)14(19)17-5-2/h4,7-9,12H,1,5-6,16H2,2-3H3,(H,17,19)(H,18,20). The number of carbonyl (C=O) groups excluding carboxylic acids is 2. The van der Waals surface area contributed by atoms with Gasteiger partial charge in [0.05, 0.1) is 6.04 Å². The minimum absolute atomic E-state index is 0.168. The monoisotopic (exact) mass is 275 g/mol. The molecule has 1 unspecified atom stereocenters. The molecule has 1 atom stereocenters. The normalized spacial score (nSPS) is 11.6. The van der Waals surface area contributed by atoms with Gasteiger partial charge in [-0.2, -0.15) is 0 Å². The molecule has 0 saturated heterocycles. The molecule has 2 amide bonds. The van der Waals surface area contributed by atoms with Gasteiger partial charge < -0.3 is 16.4 Å². The van der Waals surface area contributed by atoms with Crippen molar-refractivity contribution in [3.8, 4) is 0 Å². The van der Waals surface area contributed by atoms with Crippen molar-refractivity contribution in [2.75, 3.05) is 11.9 Å². The number of hydrogen-bond acceptors (Lipinski definition) is 3. The minimum Gasteiger partial charge on any atom is -0.352 e. The summed E-state index contributed by atoms with van der Waals surface area (Å²) in [4.78, 5) is 23.6. The topological polar surface area (TPSA) is 84.2 Å². The molecular weight excluding hydrogens is 254 g/mol. The molecule has 0 bridgehead atoms. The van der Waals surface area contributed by atoms with Crippen molar-refractivity contribution < 1.29 is 9.59 Å². The zero-order valence-electron chi connectivity index (χ0n) is 11.9. The zero-order chi connectivity index (χ0) is 15.1. The lowest BCUT2D eigenvalue weighted by Crippen LogP contribution is -2.35. The van der Waals surface area contributed by atoms with E-state index < -0.39 is 6.04 Å². The number of rotatable bonds is 6. The first-order valence-corrected chi connectivity index (χ1v) is 6.55. The highest BCUT2D eigenvalue weighted by Gasteiger charge is 2.14. The maximum absolute atomic E-state index is 11.9. The fourth-order valence-corrected chi connectivity index (χ4v) is 1.67. The Morgan fingerprint density at radius 1 is 1.45 bits per heavy atom. The molecule has 0 aliphatic carbocycles. The van der Waals surface area contributed by atoms with Gasteiger partial charge in [0.25, 0.3) is 5.91 Å². The Hall–Kier alpha value is -2.14. The second-order valence-electron chi connectivity index (χ2n) is 4.51. The third-order valence-corrected chi connectivity index (χ3v) is 2.85. The van der Waals surface area contributed by atoms with E-state index in [2.05, 4.69) is 17.2 Å². The summed E-state index contributed by atoms with van der Waals surface area (Å²) >= 11 is 0. The Labute approximate surface area is 119 Å². The molecule has 0 saturated carbocycles. The van der Waals surface area contributed by atoms with Crippen LogP contribution in [0.2, 0.25) is 0 Å². The summed E-state index contributed by atoms with van der Waals surface area (Å²) in [6.07, 6.45) is 2.00. The number of nitrogens with two attached hydrogens (primary N) is 1. The molecule has 5 heteroatoms. The number of anilines is 1. The van der Waals surface area contributed by atoms with Crippen molar-refractivity contribution in [3.63, 3.8) is 0 Å². The highest BCUT2D eigenvalue weighted by molar-refractivity contribution is 5.99. The van der Waals surface area contributed by atoms with Crippen LogP contribution >= 0.6 is 0 Å². The molecule has 0 spiro atoms. The van der Waals surface area contributed by atoms with Crippen molar-refractivity contribution in [1.82, 2.24) is 5.32 Å². The molecule has 0 fully saturated rings. The summed E-state index contributed by atoms with van der Waals surface area (Å²) in [6, 6.07) is 4.53. The van der Waals surface area contributed by atoms with Gasteiger partial charge in [-0.25, -0.2) is 0 Å². The van der Waals surface area contributed by atoms with Crippen LogP contribution < -0.4 is 16.4 Å². The molecule has 0 aliphatic rings. The van der Waals surface area contributed by atoms with Gasteiger partial charge in [-0.1, -0.05) is 12.1 Å². The van der Waals surface area contributed by atoms with E-state index in [1.807, 2.05) is 13.8 Å². The molecule has 1 aromatic rings. The van der Waals surface area contributed by atoms with E-state index in [4.69, 9.17) is 5.73 Å². The number of hydrogen-bond donors (Lipinski definition) is 3. The summed E-state index contributed by atoms with van der Waals surface area (Å²) in [7, 11) is 0. The van der Waals surface area contributed by atoms with Gasteiger partial charge in [0.2, 0.25) is 5.91 Å². The van der Waals surface area contributed by atoms with Crippen LogP contribution in [0.1, 0.15) is 29.3 Å². The third-order valence-electron chi connectivity index (χ3n) is 2.85. The number of carbonyl (C=O) groups is 2. The second-order valence-corrected chi connectivity index (χ2v) is 4.51. The van der Waals surface area contributed by atoms with Crippen molar-refractivity contribution in [1.29, 1.82) is 0 Å². The van der Waals surface area contributed by atoms with Gasteiger partial charge in [-0.15, -0.1) is 6.58 Å². The Bertz CT molecular complexity index is 512. The lowest BCUT2D eigenvalue weighted by atomic mass is 10.1. The third kappa shape index (κ3) is 4.20. The highest BCUT2D eigenvalue weighted by atomic mass is 16.2. The Morgan fingerprint density at radius 3 is 2.75 bits per heavy atom. The van der Waals surface area contributed by atoms with E-state index in [-0.39, 0.29) is 11.8 Å². The van der Waals surface area contributed by atoms with Gasteiger partial charge in [0.1, 0.15) is 0 Å². The summed E-state index contributed by atoms with van der Waals surface area (Å²) in [5.74, 6) is -0.459. The molecule has 1 rings (SSSR count). The summed E-state index contributed by atoms with van der Waals surface area (Å²) < 4.78 is 0. The van der Waals surface area contributed by atoms with Crippen LogP contribution in [0, 0.1) is 6.92 Å². The molecule has 0 heterocycles. The quantitative estimate of drug-likeness (QED) is 0.689. The fraction of sp³-hybridized carbons (Fsp3) is 0.333. The predicted octanol–water partition coefficient (Wildman–Crippen LogP) is 1.59.